The van der Waals surface area contributed by atoms with Crippen LogP contribution >= 0.6 is 0 Å². The lowest BCUT2D eigenvalue weighted by atomic mass is 9.82. The van der Waals surface area contributed by atoms with Crippen molar-refractivity contribution >= 4 is 5.91 Å². The minimum atomic E-state index is -0.00112. The number of hydrogen-bond acceptors (Lipinski definition) is 3. The van der Waals surface area contributed by atoms with E-state index in [2.05, 4.69) is 23.5 Å². The predicted molar refractivity (Wildman–Crippen MR) is 98.2 cm³/mol. The van der Waals surface area contributed by atoms with E-state index in [1.54, 1.807) is 7.11 Å². The molecule has 0 bridgehead atoms. The molecule has 2 atom stereocenters. The molecule has 0 radical (unpaired) electrons. The summed E-state index contributed by atoms with van der Waals surface area (Å²) in [5, 5.41) is 3.07. The smallest absolute Gasteiger partial charge is 0.223 e. The van der Waals surface area contributed by atoms with Gasteiger partial charge in [0.05, 0.1) is 13.7 Å². The van der Waals surface area contributed by atoms with Gasteiger partial charge in [0, 0.05) is 18.4 Å². The first kappa shape index (κ1) is 17.3. The van der Waals surface area contributed by atoms with E-state index < -0.39 is 0 Å². The fourth-order valence-corrected chi connectivity index (χ4v) is 3.45. The van der Waals surface area contributed by atoms with Gasteiger partial charge in [0.2, 0.25) is 5.91 Å². The highest BCUT2D eigenvalue weighted by molar-refractivity contribution is 5.80. The van der Waals surface area contributed by atoms with Crippen LogP contribution in [0.25, 0.3) is 0 Å². The molecule has 2 aromatic carbocycles. The third kappa shape index (κ3) is 4.13. The van der Waals surface area contributed by atoms with Crippen molar-refractivity contribution in [2.45, 2.75) is 25.7 Å². The number of methoxy groups -OCH3 is 1. The third-order valence-corrected chi connectivity index (χ3v) is 4.75. The SMILES string of the molecule is CCOc1cc([C@H]2CNC(=O)[C@@H](Cc3ccccc3)C2)ccc1OC. The zero-order valence-electron chi connectivity index (χ0n) is 14.8. The Labute approximate surface area is 149 Å². The Hall–Kier alpha value is -2.49. The molecule has 1 aliphatic heterocycles. The molecule has 1 heterocycles. The molecule has 1 amide bonds. The Balaban J connectivity index is 1.76. The van der Waals surface area contributed by atoms with Gasteiger partial charge in [0.1, 0.15) is 0 Å². The topological polar surface area (TPSA) is 47.6 Å². The van der Waals surface area contributed by atoms with Crippen LogP contribution in [-0.2, 0) is 11.2 Å². The largest absolute Gasteiger partial charge is 0.493 e. The Morgan fingerprint density at radius 1 is 1.12 bits per heavy atom. The van der Waals surface area contributed by atoms with Crippen molar-refractivity contribution in [3.8, 4) is 11.5 Å². The highest BCUT2D eigenvalue weighted by Gasteiger charge is 2.29. The molecule has 0 aliphatic carbocycles. The molecule has 0 saturated carbocycles. The maximum Gasteiger partial charge on any atom is 0.223 e. The Morgan fingerprint density at radius 3 is 2.64 bits per heavy atom. The van der Waals surface area contributed by atoms with Gasteiger partial charge < -0.3 is 14.8 Å². The quantitative estimate of drug-likeness (QED) is 0.875. The number of ether oxygens (including phenoxy) is 2. The van der Waals surface area contributed by atoms with E-state index in [0.29, 0.717) is 13.2 Å². The highest BCUT2D eigenvalue weighted by atomic mass is 16.5. The lowest BCUT2D eigenvalue weighted by Crippen LogP contribution is -2.41. The summed E-state index contributed by atoms with van der Waals surface area (Å²) in [6, 6.07) is 16.3. The summed E-state index contributed by atoms with van der Waals surface area (Å²) in [7, 11) is 1.65. The fraction of sp³-hybridized carbons (Fsp3) is 0.381. The van der Waals surface area contributed by atoms with Gasteiger partial charge in [0.25, 0.3) is 0 Å². The van der Waals surface area contributed by atoms with Crippen LogP contribution < -0.4 is 14.8 Å². The summed E-state index contributed by atoms with van der Waals surface area (Å²) in [4.78, 5) is 12.3. The van der Waals surface area contributed by atoms with E-state index in [1.807, 2.05) is 37.3 Å². The molecule has 2 aromatic rings. The maximum absolute atomic E-state index is 12.3. The van der Waals surface area contributed by atoms with E-state index in [1.165, 1.54) is 11.1 Å². The number of rotatable bonds is 6. The Morgan fingerprint density at radius 2 is 1.92 bits per heavy atom. The Bertz CT molecular complexity index is 714. The number of piperidine rings is 1. The number of carbonyl (C=O) groups is 1. The van der Waals surface area contributed by atoms with Gasteiger partial charge in [-0.05, 0) is 43.0 Å². The zero-order chi connectivity index (χ0) is 17.6. The van der Waals surface area contributed by atoms with Gasteiger partial charge in [-0.25, -0.2) is 0 Å². The van der Waals surface area contributed by atoms with E-state index in [4.69, 9.17) is 9.47 Å². The summed E-state index contributed by atoms with van der Waals surface area (Å²) < 4.78 is 11.1. The van der Waals surface area contributed by atoms with Crippen molar-refractivity contribution in [1.29, 1.82) is 0 Å². The monoisotopic (exact) mass is 339 g/mol. The summed E-state index contributed by atoms with van der Waals surface area (Å²) in [6.07, 6.45) is 1.62. The van der Waals surface area contributed by atoms with Crippen LogP contribution in [0.4, 0.5) is 0 Å². The van der Waals surface area contributed by atoms with Crippen LogP contribution in [0.1, 0.15) is 30.4 Å². The number of carbonyl (C=O) groups excluding carboxylic acids is 1. The molecule has 4 nitrogen and oxygen atoms in total. The first-order chi connectivity index (χ1) is 12.2. The van der Waals surface area contributed by atoms with Crippen LogP contribution in [0.2, 0.25) is 0 Å². The van der Waals surface area contributed by atoms with Crippen molar-refractivity contribution in [2.75, 3.05) is 20.3 Å². The van der Waals surface area contributed by atoms with Crippen molar-refractivity contribution in [1.82, 2.24) is 5.32 Å². The van der Waals surface area contributed by atoms with Crippen molar-refractivity contribution in [3.63, 3.8) is 0 Å². The molecular weight excluding hydrogens is 314 g/mol. The van der Waals surface area contributed by atoms with Crippen LogP contribution in [0, 0.1) is 5.92 Å². The molecular formula is C21H25NO3. The molecule has 0 unspecified atom stereocenters. The van der Waals surface area contributed by atoms with E-state index >= 15 is 0 Å². The average molecular weight is 339 g/mol. The average Bonchev–Trinajstić information content (AvgIpc) is 2.65. The standard InChI is InChI=1S/C21H25NO3/c1-3-25-20-13-16(9-10-19(20)24-2)18-12-17(21(23)22-14-18)11-15-7-5-4-6-8-15/h4-10,13,17-18H,3,11-12,14H2,1-2H3,(H,22,23)/t17-,18+/m0/s1. The lowest BCUT2D eigenvalue weighted by Gasteiger charge is -2.30. The summed E-state index contributed by atoms with van der Waals surface area (Å²) in [5.41, 5.74) is 2.38. The van der Waals surface area contributed by atoms with Gasteiger partial charge >= 0.3 is 0 Å². The first-order valence-electron chi connectivity index (χ1n) is 8.83. The van der Waals surface area contributed by atoms with Crippen LogP contribution in [-0.4, -0.2) is 26.2 Å². The second-order valence-electron chi connectivity index (χ2n) is 6.41. The highest BCUT2D eigenvalue weighted by Crippen LogP contribution is 2.35. The molecule has 0 aromatic heterocycles. The molecule has 1 fully saturated rings. The summed E-state index contributed by atoms with van der Waals surface area (Å²) in [6.45, 7) is 3.22. The summed E-state index contributed by atoms with van der Waals surface area (Å²) >= 11 is 0. The molecule has 132 valence electrons. The molecule has 0 spiro atoms. The van der Waals surface area contributed by atoms with Crippen molar-refractivity contribution < 1.29 is 14.3 Å². The van der Waals surface area contributed by atoms with Gasteiger partial charge in [-0.2, -0.15) is 0 Å². The maximum atomic E-state index is 12.3. The minimum absolute atomic E-state index is 0.00112. The van der Waals surface area contributed by atoms with E-state index in [9.17, 15) is 4.79 Å². The molecule has 1 N–H and O–H groups in total. The molecule has 3 rings (SSSR count). The molecule has 25 heavy (non-hydrogen) atoms. The van der Waals surface area contributed by atoms with E-state index in [0.717, 1.165) is 24.3 Å². The second kappa shape index (κ2) is 8.06. The normalized spacial score (nSPS) is 20.0. The Kier molecular flexibility index (Phi) is 5.59. The third-order valence-electron chi connectivity index (χ3n) is 4.75. The van der Waals surface area contributed by atoms with Gasteiger partial charge in [-0.3, -0.25) is 4.79 Å². The van der Waals surface area contributed by atoms with E-state index in [-0.39, 0.29) is 17.7 Å². The zero-order valence-corrected chi connectivity index (χ0v) is 14.8. The number of nitrogens with one attached hydrogen (secondary N) is 1. The first-order valence-corrected chi connectivity index (χ1v) is 8.83. The van der Waals surface area contributed by atoms with Crippen molar-refractivity contribution in [2.24, 2.45) is 5.92 Å². The number of benzene rings is 2. The molecule has 1 aliphatic rings. The second-order valence-corrected chi connectivity index (χ2v) is 6.41. The number of hydrogen-bond donors (Lipinski definition) is 1. The van der Waals surface area contributed by atoms with Crippen molar-refractivity contribution in [3.05, 3.63) is 59.7 Å². The minimum Gasteiger partial charge on any atom is -0.493 e. The van der Waals surface area contributed by atoms with Crippen LogP contribution in [0.15, 0.2) is 48.5 Å². The predicted octanol–water partition coefficient (Wildman–Crippen LogP) is 3.56. The molecule has 4 heteroatoms. The van der Waals surface area contributed by atoms with Crippen LogP contribution in [0.5, 0.6) is 11.5 Å². The van der Waals surface area contributed by atoms with Gasteiger partial charge in [-0.15, -0.1) is 0 Å². The lowest BCUT2D eigenvalue weighted by molar-refractivity contribution is -0.126. The number of amides is 1. The van der Waals surface area contributed by atoms with Gasteiger partial charge in [-0.1, -0.05) is 36.4 Å². The summed E-state index contributed by atoms with van der Waals surface area (Å²) in [5.74, 6) is 1.94. The van der Waals surface area contributed by atoms with Crippen LogP contribution in [0.3, 0.4) is 0 Å². The fourth-order valence-electron chi connectivity index (χ4n) is 3.45. The molecule has 1 saturated heterocycles. The van der Waals surface area contributed by atoms with Gasteiger partial charge in [0.15, 0.2) is 11.5 Å².